The van der Waals surface area contributed by atoms with Gasteiger partial charge in [-0.3, -0.25) is 0 Å². The standard InChI is InChI=1S/C12H25BO5Si2/c1-12(2,11(17-19-3)18-20-4)7-5-10-9(13(14)15)6-8-16-10/h6,8,11,14-15H,5,7,19-20H2,1-4H3. The average molecular weight is 316 g/mol. The van der Waals surface area contributed by atoms with Gasteiger partial charge in [-0.05, 0) is 12.5 Å². The molecule has 2 N–H and O–H groups in total. The van der Waals surface area contributed by atoms with Gasteiger partial charge in [0, 0.05) is 17.3 Å². The number of aryl methyl sites for hydroxylation is 1. The van der Waals surface area contributed by atoms with Gasteiger partial charge >= 0.3 is 7.12 Å². The number of furan rings is 1. The van der Waals surface area contributed by atoms with Crippen LogP contribution in [0.4, 0.5) is 0 Å². The summed E-state index contributed by atoms with van der Waals surface area (Å²) in [5, 5.41) is 18.5. The first kappa shape index (κ1) is 17.7. The minimum Gasteiger partial charge on any atom is -0.470 e. The van der Waals surface area contributed by atoms with Crippen LogP contribution in [0.3, 0.4) is 0 Å². The molecule has 0 bridgehead atoms. The summed E-state index contributed by atoms with van der Waals surface area (Å²) in [5.74, 6) is 0.620. The van der Waals surface area contributed by atoms with Crippen molar-refractivity contribution in [3.8, 4) is 0 Å². The van der Waals surface area contributed by atoms with Gasteiger partial charge in [0.05, 0.1) is 6.26 Å². The molecule has 1 aromatic rings. The molecule has 0 fully saturated rings. The number of rotatable bonds is 9. The van der Waals surface area contributed by atoms with Gasteiger partial charge in [0.1, 0.15) is 12.1 Å². The fourth-order valence-corrected chi connectivity index (χ4v) is 4.03. The maximum Gasteiger partial charge on any atom is 0.492 e. The smallest absolute Gasteiger partial charge is 0.470 e. The van der Waals surface area contributed by atoms with Crippen LogP contribution in [-0.2, 0) is 15.3 Å². The van der Waals surface area contributed by atoms with E-state index in [1.165, 1.54) is 6.26 Å². The molecule has 0 aromatic carbocycles. The third-order valence-corrected chi connectivity index (χ3v) is 4.60. The Kier molecular flexibility index (Phi) is 7.21. The van der Waals surface area contributed by atoms with Crippen molar-refractivity contribution in [1.29, 1.82) is 0 Å². The van der Waals surface area contributed by atoms with Crippen LogP contribution in [0.15, 0.2) is 16.7 Å². The van der Waals surface area contributed by atoms with E-state index in [4.69, 9.17) is 13.3 Å². The normalized spacial score (nSPS) is 14.7. The van der Waals surface area contributed by atoms with Gasteiger partial charge in [-0.25, -0.2) is 0 Å². The van der Waals surface area contributed by atoms with E-state index in [2.05, 4.69) is 26.9 Å². The minimum atomic E-state index is -1.48. The van der Waals surface area contributed by atoms with Gasteiger partial charge in [0.2, 0.25) is 0 Å². The van der Waals surface area contributed by atoms with E-state index in [1.807, 2.05) is 0 Å². The summed E-state index contributed by atoms with van der Waals surface area (Å²) >= 11 is 0. The van der Waals surface area contributed by atoms with Crippen molar-refractivity contribution in [3.63, 3.8) is 0 Å². The highest BCUT2D eigenvalue weighted by atomic mass is 28.2. The summed E-state index contributed by atoms with van der Waals surface area (Å²) in [7, 11) is -2.54. The monoisotopic (exact) mass is 316 g/mol. The van der Waals surface area contributed by atoms with E-state index in [-0.39, 0.29) is 11.7 Å². The highest BCUT2D eigenvalue weighted by molar-refractivity contribution is 6.59. The number of hydrogen-bond acceptors (Lipinski definition) is 5. The first-order chi connectivity index (χ1) is 9.42. The molecule has 114 valence electrons. The van der Waals surface area contributed by atoms with E-state index in [9.17, 15) is 10.0 Å². The zero-order chi connectivity index (χ0) is 15.2. The Bertz CT molecular complexity index is 391. The second kappa shape index (κ2) is 8.16. The lowest BCUT2D eigenvalue weighted by molar-refractivity contribution is -0.0821. The molecule has 0 saturated heterocycles. The molecular weight excluding hydrogens is 291 g/mol. The molecule has 0 unspecified atom stereocenters. The zero-order valence-electron chi connectivity index (χ0n) is 12.8. The van der Waals surface area contributed by atoms with Crippen LogP contribution in [0.2, 0.25) is 13.1 Å². The first-order valence-corrected chi connectivity index (χ1v) is 11.1. The van der Waals surface area contributed by atoms with Gasteiger partial charge in [0.25, 0.3) is 0 Å². The predicted molar refractivity (Wildman–Crippen MR) is 85.4 cm³/mol. The molecule has 0 amide bonds. The van der Waals surface area contributed by atoms with Gasteiger partial charge in [-0.15, -0.1) is 0 Å². The topological polar surface area (TPSA) is 72.1 Å². The van der Waals surface area contributed by atoms with Crippen molar-refractivity contribution in [2.45, 2.75) is 46.1 Å². The molecule has 0 aliphatic rings. The zero-order valence-corrected chi connectivity index (χ0v) is 15.6. The lowest BCUT2D eigenvalue weighted by Gasteiger charge is -2.34. The predicted octanol–water partition coefficient (Wildman–Crippen LogP) is -0.459. The van der Waals surface area contributed by atoms with E-state index in [0.717, 1.165) is 6.42 Å². The Balaban J connectivity index is 2.67. The quantitative estimate of drug-likeness (QED) is 0.477. The van der Waals surface area contributed by atoms with Gasteiger partial charge in [0.15, 0.2) is 19.5 Å². The molecule has 5 nitrogen and oxygen atoms in total. The maximum atomic E-state index is 9.26. The van der Waals surface area contributed by atoms with E-state index in [1.54, 1.807) is 6.07 Å². The van der Waals surface area contributed by atoms with Crippen molar-refractivity contribution in [2.75, 3.05) is 0 Å². The number of hydrogen-bond donors (Lipinski definition) is 2. The van der Waals surface area contributed by atoms with Crippen LogP contribution in [0.5, 0.6) is 0 Å². The molecule has 1 aromatic heterocycles. The molecule has 0 atom stereocenters. The van der Waals surface area contributed by atoms with Crippen LogP contribution in [0.1, 0.15) is 26.0 Å². The summed E-state index contributed by atoms with van der Waals surface area (Å²) in [6.45, 7) is 8.42. The van der Waals surface area contributed by atoms with Crippen molar-refractivity contribution in [2.24, 2.45) is 5.41 Å². The Labute approximate surface area is 125 Å². The molecule has 0 saturated carbocycles. The Hall–Kier alpha value is -0.381. The molecule has 1 heterocycles. The fourth-order valence-electron chi connectivity index (χ4n) is 2.14. The van der Waals surface area contributed by atoms with Crippen molar-refractivity contribution >= 4 is 32.1 Å². The van der Waals surface area contributed by atoms with Gasteiger partial charge in [-0.2, -0.15) is 0 Å². The van der Waals surface area contributed by atoms with Crippen LogP contribution >= 0.6 is 0 Å². The summed E-state index contributed by atoms with van der Waals surface area (Å²) in [6.07, 6.45) is 2.76. The van der Waals surface area contributed by atoms with Crippen LogP contribution in [0, 0.1) is 5.41 Å². The molecule has 8 heteroatoms. The van der Waals surface area contributed by atoms with Crippen molar-refractivity contribution in [1.82, 2.24) is 0 Å². The minimum absolute atomic E-state index is 0.128. The molecular formula is C12H25BO5Si2. The van der Waals surface area contributed by atoms with Crippen molar-refractivity contribution < 1.29 is 23.3 Å². The Morgan fingerprint density at radius 3 is 2.40 bits per heavy atom. The van der Waals surface area contributed by atoms with Gasteiger partial charge < -0.3 is 23.3 Å². The van der Waals surface area contributed by atoms with E-state index in [0.29, 0.717) is 17.6 Å². The Morgan fingerprint density at radius 2 is 1.90 bits per heavy atom. The molecule has 0 radical (unpaired) electrons. The van der Waals surface area contributed by atoms with Crippen LogP contribution in [-0.4, -0.2) is 43.0 Å². The molecule has 0 aliphatic carbocycles. The largest absolute Gasteiger partial charge is 0.492 e. The van der Waals surface area contributed by atoms with Crippen LogP contribution in [0.25, 0.3) is 0 Å². The lowest BCUT2D eigenvalue weighted by Crippen LogP contribution is -2.37. The molecule has 1 rings (SSSR count). The second-order valence-corrected chi connectivity index (χ2v) is 7.23. The first-order valence-electron chi connectivity index (χ1n) is 7.08. The van der Waals surface area contributed by atoms with E-state index < -0.39 is 26.6 Å². The summed E-state index contributed by atoms with van der Waals surface area (Å²) in [5.41, 5.74) is 0.310. The molecule has 0 spiro atoms. The summed E-state index contributed by atoms with van der Waals surface area (Å²) in [4.78, 5) is 0. The fraction of sp³-hybridized carbons (Fsp3) is 0.667. The Morgan fingerprint density at radius 1 is 1.30 bits per heavy atom. The molecule has 20 heavy (non-hydrogen) atoms. The van der Waals surface area contributed by atoms with Gasteiger partial charge in [-0.1, -0.05) is 26.9 Å². The highest BCUT2D eigenvalue weighted by Crippen LogP contribution is 2.29. The third kappa shape index (κ3) is 4.87. The van der Waals surface area contributed by atoms with E-state index >= 15 is 0 Å². The SMILES string of the molecule is C[SiH2]OC(O[SiH2]C)C(C)(C)CCc1occc1B(O)O. The second-order valence-electron chi connectivity index (χ2n) is 5.40. The van der Waals surface area contributed by atoms with Crippen molar-refractivity contribution in [3.05, 3.63) is 18.1 Å². The van der Waals surface area contributed by atoms with Crippen LogP contribution < -0.4 is 5.46 Å². The highest BCUT2D eigenvalue weighted by Gasteiger charge is 2.31. The maximum absolute atomic E-state index is 9.26. The average Bonchev–Trinajstić information content (AvgIpc) is 2.85. The summed E-state index contributed by atoms with van der Waals surface area (Å²) < 4.78 is 17.0. The summed E-state index contributed by atoms with van der Waals surface area (Å²) in [6, 6.07) is 1.59. The molecule has 0 aliphatic heterocycles. The lowest BCUT2D eigenvalue weighted by atomic mass is 9.78. The third-order valence-electron chi connectivity index (χ3n) is 3.33.